The number of pyridine rings is 1. The van der Waals surface area contributed by atoms with E-state index in [9.17, 15) is 9.90 Å². The molecular weight excluding hydrogens is 434 g/mol. The standard InChI is InChI=1S/C26H21N3O3S/c1-16-6-4-9-19(14-16)29-24(23(28-26(29)33)20-10-2-3-13-27-20)22-12-11-21(32-22)17-7-5-8-18(15-17)25(30)31/h2-15,23-24H,1H3,(H,28,33)(H,30,31)/t23-,24-/m0/s1. The number of aromatic carboxylic acids is 1. The number of furan rings is 1. The zero-order chi connectivity index (χ0) is 22.9. The van der Waals surface area contributed by atoms with Crippen LogP contribution in [0, 0.1) is 6.92 Å². The van der Waals surface area contributed by atoms with E-state index in [1.54, 1.807) is 24.4 Å². The molecule has 0 saturated carbocycles. The SMILES string of the molecule is Cc1cccc(N2C(=S)N[C@@H](c3ccccn3)[C@@H]2c2ccc(-c3cccc(C(=O)O)c3)o2)c1. The van der Waals surface area contributed by atoms with Crippen molar-refractivity contribution in [2.24, 2.45) is 0 Å². The predicted molar refractivity (Wildman–Crippen MR) is 130 cm³/mol. The molecule has 2 aromatic carbocycles. The van der Waals surface area contributed by atoms with E-state index >= 15 is 0 Å². The van der Waals surface area contributed by atoms with Gasteiger partial charge in [0.05, 0.1) is 17.3 Å². The largest absolute Gasteiger partial charge is 0.478 e. The van der Waals surface area contributed by atoms with Gasteiger partial charge in [0, 0.05) is 17.4 Å². The molecule has 6 nitrogen and oxygen atoms in total. The Hall–Kier alpha value is -3.97. The summed E-state index contributed by atoms with van der Waals surface area (Å²) in [6.07, 6.45) is 1.76. The maximum Gasteiger partial charge on any atom is 0.335 e. The first-order chi connectivity index (χ1) is 16.0. The molecule has 2 aromatic heterocycles. The number of aryl methyl sites for hydroxylation is 1. The zero-order valence-corrected chi connectivity index (χ0v) is 18.6. The van der Waals surface area contributed by atoms with E-state index in [2.05, 4.69) is 21.3 Å². The molecule has 33 heavy (non-hydrogen) atoms. The molecule has 4 aromatic rings. The summed E-state index contributed by atoms with van der Waals surface area (Å²) in [5, 5.41) is 13.3. The van der Waals surface area contributed by atoms with Crippen LogP contribution in [0.3, 0.4) is 0 Å². The van der Waals surface area contributed by atoms with Crippen molar-refractivity contribution in [3.05, 3.63) is 108 Å². The monoisotopic (exact) mass is 455 g/mol. The van der Waals surface area contributed by atoms with Gasteiger partial charge in [-0.05, 0) is 73.2 Å². The first-order valence-electron chi connectivity index (χ1n) is 10.5. The summed E-state index contributed by atoms with van der Waals surface area (Å²) in [5.41, 5.74) is 3.85. The van der Waals surface area contributed by atoms with E-state index in [0.717, 1.165) is 16.9 Å². The van der Waals surface area contributed by atoms with Gasteiger partial charge in [-0.3, -0.25) is 4.98 Å². The summed E-state index contributed by atoms with van der Waals surface area (Å²) in [6.45, 7) is 2.04. The molecule has 1 saturated heterocycles. The first-order valence-corrected chi connectivity index (χ1v) is 10.9. The van der Waals surface area contributed by atoms with Crippen LogP contribution in [-0.2, 0) is 0 Å². The number of rotatable bonds is 5. The number of thiocarbonyl (C=S) groups is 1. The number of carboxylic acids is 1. The molecule has 0 radical (unpaired) electrons. The molecule has 0 aliphatic carbocycles. The van der Waals surface area contributed by atoms with E-state index in [1.165, 1.54) is 0 Å². The van der Waals surface area contributed by atoms with Crippen molar-refractivity contribution >= 4 is 29.0 Å². The fourth-order valence-electron chi connectivity index (χ4n) is 4.17. The van der Waals surface area contributed by atoms with Gasteiger partial charge in [0.2, 0.25) is 0 Å². The Balaban J connectivity index is 1.59. The Morgan fingerprint density at radius 1 is 1.06 bits per heavy atom. The predicted octanol–water partition coefficient (Wildman–Crippen LogP) is 5.53. The van der Waals surface area contributed by atoms with Crippen molar-refractivity contribution in [1.82, 2.24) is 10.3 Å². The Morgan fingerprint density at radius 2 is 1.91 bits per heavy atom. The highest BCUT2D eigenvalue weighted by molar-refractivity contribution is 7.80. The second kappa shape index (κ2) is 8.52. The van der Waals surface area contributed by atoms with Crippen LogP contribution in [0.25, 0.3) is 11.3 Å². The molecule has 0 amide bonds. The van der Waals surface area contributed by atoms with Crippen LogP contribution in [0.15, 0.2) is 89.5 Å². The third kappa shape index (κ3) is 3.99. The lowest BCUT2D eigenvalue weighted by molar-refractivity contribution is 0.0697. The highest BCUT2D eigenvalue weighted by Crippen LogP contribution is 2.43. The second-order valence-electron chi connectivity index (χ2n) is 7.92. The highest BCUT2D eigenvalue weighted by Gasteiger charge is 2.42. The van der Waals surface area contributed by atoms with E-state index < -0.39 is 5.97 Å². The first kappa shape index (κ1) is 20.9. The Kier molecular flexibility index (Phi) is 5.40. The van der Waals surface area contributed by atoms with Crippen molar-refractivity contribution in [1.29, 1.82) is 0 Å². The lowest BCUT2D eigenvalue weighted by atomic mass is 10.0. The minimum Gasteiger partial charge on any atom is -0.478 e. The van der Waals surface area contributed by atoms with Gasteiger partial charge in [0.25, 0.3) is 0 Å². The van der Waals surface area contributed by atoms with E-state index in [0.29, 0.717) is 22.2 Å². The van der Waals surface area contributed by atoms with Crippen LogP contribution in [-0.4, -0.2) is 21.2 Å². The van der Waals surface area contributed by atoms with E-state index in [4.69, 9.17) is 16.6 Å². The molecule has 0 spiro atoms. The summed E-state index contributed by atoms with van der Waals surface area (Å²) >= 11 is 5.75. The van der Waals surface area contributed by atoms with Crippen LogP contribution < -0.4 is 10.2 Å². The van der Waals surface area contributed by atoms with Gasteiger partial charge >= 0.3 is 5.97 Å². The molecule has 1 aliphatic heterocycles. The van der Waals surface area contributed by atoms with Crippen molar-refractivity contribution < 1.29 is 14.3 Å². The van der Waals surface area contributed by atoms with Gasteiger partial charge in [-0.2, -0.15) is 0 Å². The van der Waals surface area contributed by atoms with Crippen LogP contribution >= 0.6 is 12.2 Å². The van der Waals surface area contributed by atoms with Gasteiger partial charge in [-0.25, -0.2) is 4.79 Å². The Labute approximate surface area is 196 Å². The molecule has 3 heterocycles. The molecule has 0 unspecified atom stereocenters. The molecule has 7 heteroatoms. The van der Waals surface area contributed by atoms with E-state index in [1.807, 2.05) is 61.5 Å². The van der Waals surface area contributed by atoms with Crippen molar-refractivity contribution in [3.63, 3.8) is 0 Å². The molecule has 1 fully saturated rings. The molecule has 2 atom stereocenters. The quantitative estimate of drug-likeness (QED) is 0.383. The van der Waals surface area contributed by atoms with Gasteiger partial charge in [-0.1, -0.05) is 30.3 Å². The molecule has 164 valence electrons. The summed E-state index contributed by atoms with van der Waals surface area (Å²) in [5.74, 6) is 0.319. The topological polar surface area (TPSA) is 78.6 Å². The number of nitrogens with one attached hydrogen (secondary N) is 1. The summed E-state index contributed by atoms with van der Waals surface area (Å²) in [4.78, 5) is 18.0. The van der Waals surface area contributed by atoms with Crippen molar-refractivity contribution in [2.75, 3.05) is 4.90 Å². The molecule has 1 aliphatic rings. The average Bonchev–Trinajstić information content (AvgIpc) is 3.44. The third-order valence-corrected chi connectivity index (χ3v) is 6.00. The minimum atomic E-state index is -0.977. The molecular formula is C26H21N3O3S. The molecule has 5 rings (SSSR count). The second-order valence-corrected chi connectivity index (χ2v) is 8.31. The summed E-state index contributed by atoms with van der Waals surface area (Å²) < 4.78 is 6.31. The van der Waals surface area contributed by atoms with Gasteiger partial charge in [-0.15, -0.1) is 0 Å². The van der Waals surface area contributed by atoms with Crippen molar-refractivity contribution in [3.8, 4) is 11.3 Å². The lowest BCUT2D eigenvalue weighted by Gasteiger charge is -2.26. The Morgan fingerprint density at radius 3 is 2.67 bits per heavy atom. The summed E-state index contributed by atoms with van der Waals surface area (Å²) in [6, 6.07) is 24.0. The minimum absolute atomic E-state index is 0.210. The maximum atomic E-state index is 11.4. The zero-order valence-electron chi connectivity index (χ0n) is 17.8. The normalized spacial score (nSPS) is 17.7. The van der Waals surface area contributed by atoms with Crippen molar-refractivity contribution in [2.45, 2.75) is 19.0 Å². The van der Waals surface area contributed by atoms with Gasteiger partial charge in [0.1, 0.15) is 17.6 Å². The van der Waals surface area contributed by atoms with Gasteiger partial charge < -0.3 is 19.7 Å². The molecule has 2 N–H and O–H groups in total. The van der Waals surface area contributed by atoms with Crippen LogP contribution in [0.5, 0.6) is 0 Å². The maximum absolute atomic E-state index is 11.4. The van der Waals surface area contributed by atoms with Gasteiger partial charge in [0.15, 0.2) is 5.11 Å². The van der Waals surface area contributed by atoms with Crippen LogP contribution in [0.4, 0.5) is 5.69 Å². The van der Waals surface area contributed by atoms with E-state index in [-0.39, 0.29) is 17.6 Å². The number of carbonyl (C=O) groups is 1. The van der Waals surface area contributed by atoms with Crippen LogP contribution in [0.2, 0.25) is 0 Å². The number of carboxylic acid groups (broad SMARTS) is 1. The lowest BCUT2D eigenvalue weighted by Crippen LogP contribution is -2.29. The Bertz CT molecular complexity index is 1340. The summed E-state index contributed by atoms with van der Waals surface area (Å²) in [7, 11) is 0. The molecule has 0 bridgehead atoms. The number of nitrogens with zero attached hydrogens (tertiary/aromatic N) is 2. The number of benzene rings is 2. The smallest absolute Gasteiger partial charge is 0.335 e. The third-order valence-electron chi connectivity index (χ3n) is 5.69. The fraction of sp³-hybridized carbons (Fsp3) is 0.115. The van der Waals surface area contributed by atoms with Crippen LogP contribution in [0.1, 0.15) is 39.5 Å². The number of anilines is 1. The fourth-order valence-corrected chi connectivity index (χ4v) is 4.52. The number of hydrogen-bond acceptors (Lipinski definition) is 4. The number of hydrogen-bond donors (Lipinski definition) is 2. The number of aromatic nitrogens is 1. The highest BCUT2D eigenvalue weighted by atomic mass is 32.1. The average molecular weight is 456 g/mol.